The van der Waals surface area contributed by atoms with Crippen molar-refractivity contribution in [1.29, 1.82) is 0 Å². The maximum Gasteiger partial charge on any atom is 0.0416 e. The van der Waals surface area contributed by atoms with Crippen LogP contribution < -0.4 is 0 Å². The molecule has 0 spiro atoms. The molecule has 0 saturated heterocycles. The Morgan fingerprint density at radius 3 is 2.69 bits per heavy atom. The number of aromatic nitrogens is 1. The Balaban J connectivity index is 2.54. The highest BCUT2D eigenvalue weighted by molar-refractivity contribution is 5.44. The summed E-state index contributed by atoms with van der Waals surface area (Å²) in [5, 5.41) is 0. The first kappa shape index (κ1) is 9.93. The van der Waals surface area contributed by atoms with E-state index in [-0.39, 0.29) is 0 Å². The molecule has 0 aromatic carbocycles. The van der Waals surface area contributed by atoms with Crippen LogP contribution in [0.15, 0.2) is 24.9 Å². The zero-order chi connectivity index (χ0) is 9.68. The van der Waals surface area contributed by atoms with Crippen molar-refractivity contribution in [2.24, 2.45) is 0 Å². The van der Waals surface area contributed by atoms with Crippen LogP contribution in [0.2, 0.25) is 0 Å². The van der Waals surface area contributed by atoms with Gasteiger partial charge in [-0.1, -0.05) is 18.7 Å². The fourth-order valence-electron chi connectivity index (χ4n) is 1.04. The molecule has 1 heterocycles. The number of rotatable bonds is 4. The van der Waals surface area contributed by atoms with Crippen LogP contribution in [0.1, 0.15) is 11.3 Å². The van der Waals surface area contributed by atoms with Gasteiger partial charge < -0.3 is 4.90 Å². The Morgan fingerprint density at radius 1 is 1.46 bits per heavy atom. The van der Waals surface area contributed by atoms with E-state index in [0.717, 1.165) is 24.2 Å². The van der Waals surface area contributed by atoms with Crippen molar-refractivity contribution in [2.45, 2.75) is 6.42 Å². The molecule has 0 bridgehead atoms. The Morgan fingerprint density at radius 2 is 2.23 bits per heavy atom. The molecule has 0 radical (unpaired) electrons. The first-order chi connectivity index (χ1) is 6.22. The molecular formula is C11H16N2. The van der Waals surface area contributed by atoms with Crippen LogP contribution in [-0.4, -0.2) is 30.5 Å². The summed E-state index contributed by atoms with van der Waals surface area (Å²) in [6.45, 7) is 4.73. The molecule has 0 N–H and O–H groups in total. The van der Waals surface area contributed by atoms with E-state index in [9.17, 15) is 0 Å². The monoisotopic (exact) mass is 176 g/mol. The molecule has 13 heavy (non-hydrogen) atoms. The van der Waals surface area contributed by atoms with Gasteiger partial charge in [0, 0.05) is 24.9 Å². The van der Waals surface area contributed by atoms with Crippen LogP contribution in [0.5, 0.6) is 0 Å². The lowest BCUT2D eigenvalue weighted by atomic mass is 10.2. The molecule has 0 atom stereocenters. The lowest BCUT2D eigenvalue weighted by Gasteiger charge is -2.08. The van der Waals surface area contributed by atoms with E-state index in [1.807, 2.05) is 18.3 Å². The molecule has 0 unspecified atom stereocenters. The summed E-state index contributed by atoms with van der Waals surface area (Å²) >= 11 is 0. The Hall–Kier alpha value is -1.15. The van der Waals surface area contributed by atoms with Crippen molar-refractivity contribution in [3.8, 4) is 0 Å². The van der Waals surface area contributed by atoms with E-state index in [4.69, 9.17) is 0 Å². The number of nitrogens with zero attached hydrogens (tertiary/aromatic N) is 2. The van der Waals surface area contributed by atoms with Crippen LogP contribution in [0.4, 0.5) is 0 Å². The lowest BCUT2D eigenvalue weighted by Crippen LogP contribution is -2.15. The molecular weight excluding hydrogens is 160 g/mol. The fourth-order valence-corrected chi connectivity index (χ4v) is 1.04. The fraction of sp³-hybridized carbons (Fsp3) is 0.364. The predicted molar refractivity (Wildman–Crippen MR) is 56.6 cm³/mol. The Kier molecular flexibility index (Phi) is 3.65. The van der Waals surface area contributed by atoms with Gasteiger partial charge in [-0.3, -0.25) is 4.98 Å². The quantitative estimate of drug-likeness (QED) is 0.695. The largest absolute Gasteiger partial charge is 0.309 e. The first-order valence-corrected chi connectivity index (χ1v) is 4.44. The van der Waals surface area contributed by atoms with Crippen LogP contribution in [-0.2, 0) is 6.42 Å². The Bertz CT molecular complexity index is 262. The summed E-state index contributed by atoms with van der Waals surface area (Å²) in [5.74, 6) is 0. The van der Waals surface area contributed by atoms with E-state index in [0.29, 0.717) is 0 Å². The molecule has 70 valence electrons. The number of pyridine rings is 1. The highest BCUT2D eigenvalue weighted by Crippen LogP contribution is 2.02. The average Bonchev–Trinajstić information content (AvgIpc) is 2.15. The lowest BCUT2D eigenvalue weighted by molar-refractivity contribution is 0.412. The molecule has 0 saturated carbocycles. The Labute approximate surface area is 79.9 Å². The molecule has 1 aromatic heterocycles. The molecule has 0 amide bonds. The molecule has 2 heteroatoms. The third-order valence-electron chi connectivity index (χ3n) is 1.90. The molecule has 1 aromatic rings. The van der Waals surface area contributed by atoms with Crippen molar-refractivity contribution in [3.63, 3.8) is 0 Å². The van der Waals surface area contributed by atoms with E-state index in [1.54, 1.807) is 0 Å². The zero-order valence-electron chi connectivity index (χ0n) is 8.33. The number of likely N-dealkylation sites (N-methyl/N-ethyl adjacent to an activating group) is 1. The molecule has 0 aliphatic rings. The summed E-state index contributed by atoms with van der Waals surface area (Å²) < 4.78 is 0. The van der Waals surface area contributed by atoms with Gasteiger partial charge in [0.05, 0.1) is 0 Å². The minimum Gasteiger partial charge on any atom is -0.309 e. The summed E-state index contributed by atoms with van der Waals surface area (Å²) in [6.07, 6.45) is 4.67. The van der Waals surface area contributed by atoms with Crippen molar-refractivity contribution in [2.75, 3.05) is 20.6 Å². The van der Waals surface area contributed by atoms with Gasteiger partial charge in [-0.25, -0.2) is 0 Å². The summed E-state index contributed by atoms with van der Waals surface area (Å²) in [4.78, 5) is 6.48. The van der Waals surface area contributed by atoms with Gasteiger partial charge in [0.1, 0.15) is 0 Å². The second kappa shape index (κ2) is 4.77. The van der Waals surface area contributed by atoms with Gasteiger partial charge in [0.25, 0.3) is 0 Å². The highest BCUT2D eigenvalue weighted by Gasteiger charge is 1.95. The van der Waals surface area contributed by atoms with Crippen molar-refractivity contribution in [3.05, 3.63) is 36.2 Å². The normalized spacial score (nSPS) is 10.4. The number of hydrogen-bond acceptors (Lipinski definition) is 2. The molecule has 0 aliphatic carbocycles. The van der Waals surface area contributed by atoms with Crippen LogP contribution in [0.3, 0.4) is 0 Å². The minimum atomic E-state index is 1.00. The SMILES string of the molecule is C=Cc1ccc(CCN(C)C)nc1. The molecule has 0 fully saturated rings. The third kappa shape index (κ3) is 3.38. The maximum absolute atomic E-state index is 4.32. The molecule has 2 nitrogen and oxygen atoms in total. The smallest absolute Gasteiger partial charge is 0.0416 e. The van der Waals surface area contributed by atoms with Gasteiger partial charge in [-0.2, -0.15) is 0 Å². The topological polar surface area (TPSA) is 16.1 Å². The van der Waals surface area contributed by atoms with Crippen molar-refractivity contribution >= 4 is 6.08 Å². The predicted octanol–water partition coefficient (Wildman–Crippen LogP) is 1.83. The zero-order valence-corrected chi connectivity index (χ0v) is 8.33. The van der Waals surface area contributed by atoms with Gasteiger partial charge in [0.15, 0.2) is 0 Å². The summed E-state index contributed by atoms with van der Waals surface area (Å²) in [6, 6.07) is 4.10. The highest BCUT2D eigenvalue weighted by atomic mass is 15.0. The van der Waals surface area contributed by atoms with E-state index < -0.39 is 0 Å². The minimum absolute atomic E-state index is 1.00. The van der Waals surface area contributed by atoms with Gasteiger partial charge in [0.2, 0.25) is 0 Å². The van der Waals surface area contributed by atoms with Crippen molar-refractivity contribution < 1.29 is 0 Å². The molecule has 0 aliphatic heterocycles. The second-order valence-corrected chi connectivity index (χ2v) is 3.34. The van der Waals surface area contributed by atoms with Crippen molar-refractivity contribution in [1.82, 2.24) is 9.88 Å². The van der Waals surface area contributed by atoms with Crippen LogP contribution in [0.25, 0.3) is 6.08 Å². The summed E-state index contributed by atoms with van der Waals surface area (Å²) in [5.41, 5.74) is 2.22. The first-order valence-electron chi connectivity index (χ1n) is 4.44. The van der Waals surface area contributed by atoms with Gasteiger partial charge >= 0.3 is 0 Å². The molecule has 1 rings (SSSR count). The third-order valence-corrected chi connectivity index (χ3v) is 1.90. The standard InChI is InChI=1S/C11H16N2/c1-4-10-5-6-11(12-9-10)7-8-13(2)3/h4-6,9H,1,7-8H2,2-3H3. The average molecular weight is 176 g/mol. The van der Waals surface area contributed by atoms with Crippen LogP contribution in [0, 0.1) is 0 Å². The van der Waals surface area contributed by atoms with Crippen LogP contribution >= 0.6 is 0 Å². The second-order valence-electron chi connectivity index (χ2n) is 3.34. The van der Waals surface area contributed by atoms with E-state index in [2.05, 4.69) is 36.6 Å². The van der Waals surface area contributed by atoms with Gasteiger partial charge in [-0.05, 0) is 25.7 Å². The van der Waals surface area contributed by atoms with Gasteiger partial charge in [-0.15, -0.1) is 0 Å². The van der Waals surface area contributed by atoms with E-state index in [1.165, 1.54) is 0 Å². The summed E-state index contributed by atoms with van der Waals surface area (Å²) in [7, 11) is 4.14. The maximum atomic E-state index is 4.32. The van der Waals surface area contributed by atoms with E-state index >= 15 is 0 Å². The number of hydrogen-bond donors (Lipinski definition) is 0.